The normalized spacial score (nSPS) is 15.4. The van der Waals surface area contributed by atoms with E-state index < -0.39 is 57.9 Å². The summed E-state index contributed by atoms with van der Waals surface area (Å²) in [5.74, 6) is -0.696. The molecule has 1 saturated carbocycles. The van der Waals surface area contributed by atoms with Crippen molar-refractivity contribution in [2.24, 2.45) is 5.92 Å². The minimum atomic E-state index is -4.74. The number of fused-ring (bicyclic) bond motifs is 2. The van der Waals surface area contributed by atoms with Gasteiger partial charge in [-0.2, -0.15) is 26.3 Å². The van der Waals surface area contributed by atoms with E-state index in [1.165, 1.54) is 29.0 Å². The highest BCUT2D eigenvalue weighted by atomic mass is 19.4. The van der Waals surface area contributed by atoms with Gasteiger partial charge in [0.1, 0.15) is 33.8 Å². The van der Waals surface area contributed by atoms with Crippen molar-refractivity contribution in [2.75, 3.05) is 17.2 Å². The number of rotatable bonds is 13. The number of aliphatic hydroxyl groups is 1. The van der Waals surface area contributed by atoms with Crippen molar-refractivity contribution in [2.45, 2.75) is 116 Å². The first-order valence-corrected chi connectivity index (χ1v) is 18.8. The van der Waals surface area contributed by atoms with Crippen LogP contribution in [0.5, 0.6) is 5.75 Å². The molecule has 318 valence electrons. The largest absolute Gasteiger partial charge is 0.485 e. The molecule has 4 aromatic heterocycles. The molecule has 1 atom stereocenters. The fourth-order valence-electron chi connectivity index (χ4n) is 6.69. The fourth-order valence-corrected chi connectivity index (χ4v) is 6.69. The number of benzene rings is 1. The van der Waals surface area contributed by atoms with E-state index in [1.807, 2.05) is 6.92 Å². The molecule has 1 aliphatic carbocycles. The second kappa shape index (κ2) is 15.1. The molecule has 1 unspecified atom stereocenters. The van der Waals surface area contributed by atoms with Crippen LogP contribution in [0.4, 0.5) is 38.2 Å². The first kappa shape index (κ1) is 43.3. The number of carbonyl (C=O) groups excluding carboxylic acids is 2. The van der Waals surface area contributed by atoms with Gasteiger partial charge in [0.05, 0.1) is 36.3 Å². The van der Waals surface area contributed by atoms with E-state index >= 15 is 0 Å². The Bertz CT molecular complexity index is 2370. The van der Waals surface area contributed by atoms with E-state index in [1.54, 1.807) is 58.9 Å². The third-order valence-electron chi connectivity index (χ3n) is 9.55. The molecule has 5 aromatic rings. The number of ether oxygens (including phenoxy) is 2. The van der Waals surface area contributed by atoms with Crippen LogP contribution in [0.1, 0.15) is 92.5 Å². The first-order valence-electron chi connectivity index (χ1n) is 18.8. The Hall–Kier alpha value is -5.30. The molecule has 59 heavy (non-hydrogen) atoms. The Morgan fingerprint density at radius 3 is 1.75 bits per heavy atom. The maximum atomic E-state index is 13.7. The van der Waals surface area contributed by atoms with Crippen molar-refractivity contribution in [3.8, 4) is 11.4 Å². The molecule has 0 spiro atoms. The van der Waals surface area contributed by atoms with Crippen molar-refractivity contribution >= 4 is 46.0 Å². The number of anilines is 2. The van der Waals surface area contributed by atoms with Crippen LogP contribution in [0.3, 0.4) is 0 Å². The molecule has 6 rings (SSSR count). The van der Waals surface area contributed by atoms with Crippen molar-refractivity contribution in [3.05, 3.63) is 59.9 Å². The lowest BCUT2D eigenvalue weighted by molar-refractivity contribution is -0.141. The smallest absolute Gasteiger partial charge is 0.433 e. The average Bonchev–Trinajstić information content (AvgIpc) is 3.80. The molecular weight excluding hydrogens is 786 g/mol. The molecular formula is C40H46F6N8O5. The minimum absolute atomic E-state index is 0.0178. The third-order valence-corrected chi connectivity index (χ3v) is 9.55. The van der Waals surface area contributed by atoms with Gasteiger partial charge in [0.15, 0.2) is 11.3 Å². The molecule has 0 bridgehead atoms. The van der Waals surface area contributed by atoms with Crippen LogP contribution in [0.15, 0.2) is 48.5 Å². The first-order chi connectivity index (χ1) is 27.1. The molecule has 3 N–H and O–H groups in total. The van der Waals surface area contributed by atoms with Gasteiger partial charge >= 0.3 is 12.4 Å². The van der Waals surface area contributed by atoms with Crippen LogP contribution in [0.25, 0.3) is 28.0 Å². The van der Waals surface area contributed by atoms with Crippen molar-refractivity contribution < 1.29 is 50.5 Å². The third kappa shape index (κ3) is 10.1. The molecule has 13 nitrogen and oxygen atoms in total. The predicted molar refractivity (Wildman–Crippen MR) is 206 cm³/mol. The highest BCUT2D eigenvalue weighted by Gasteiger charge is 2.45. The zero-order chi connectivity index (χ0) is 43.5. The van der Waals surface area contributed by atoms with Crippen molar-refractivity contribution in [1.29, 1.82) is 0 Å². The maximum Gasteiger partial charge on any atom is 0.433 e. The molecule has 1 aliphatic rings. The van der Waals surface area contributed by atoms with Crippen molar-refractivity contribution in [3.63, 3.8) is 0 Å². The number of halogens is 6. The Morgan fingerprint density at radius 1 is 0.712 bits per heavy atom. The SMILES string of the molecule is CC(C)(O)CC(=O)Nc1nc2ccc(C(F)(F)F)nc2n1-c1ccc(OC(C)(C)COC(C)(CC(=O)Nc2nc3ccc(C(F)(F)F)nc3n2C(C)(C)C)C2CC2)cc1. The van der Waals surface area contributed by atoms with Crippen molar-refractivity contribution in [1.82, 2.24) is 29.1 Å². The van der Waals surface area contributed by atoms with E-state index in [-0.39, 0.29) is 59.6 Å². The summed E-state index contributed by atoms with van der Waals surface area (Å²) >= 11 is 0. The van der Waals surface area contributed by atoms with Gasteiger partial charge in [0.25, 0.3) is 0 Å². The number of aromatic nitrogens is 6. The van der Waals surface area contributed by atoms with Crippen LogP contribution in [-0.2, 0) is 32.2 Å². The van der Waals surface area contributed by atoms with Crippen LogP contribution >= 0.6 is 0 Å². The lowest BCUT2D eigenvalue weighted by atomic mass is 9.95. The number of nitrogens with zero attached hydrogens (tertiary/aromatic N) is 6. The zero-order valence-corrected chi connectivity index (χ0v) is 33.8. The van der Waals surface area contributed by atoms with Crippen LogP contribution in [0.2, 0.25) is 0 Å². The molecule has 0 aliphatic heterocycles. The summed E-state index contributed by atoms with van der Waals surface area (Å²) in [5.41, 5.74) is -5.86. The number of hydrogen-bond acceptors (Lipinski definition) is 9. The van der Waals surface area contributed by atoms with Gasteiger partial charge < -0.3 is 14.6 Å². The lowest BCUT2D eigenvalue weighted by Crippen LogP contribution is -2.43. The quantitative estimate of drug-likeness (QED) is 0.0991. The summed E-state index contributed by atoms with van der Waals surface area (Å²) in [6.45, 7) is 13.6. The molecule has 1 fully saturated rings. The second-order valence-corrected chi connectivity index (χ2v) is 17.3. The zero-order valence-electron chi connectivity index (χ0n) is 33.8. The Kier molecular flexibility index (Phi) is 11.1. The fraction of sp³-hybridized carbons (Fsp3) is 0.500. The molecule has 2 amide bonds. The van der Waals surface area contributed by atoms with Crippen LogP contribution in [-0.4, -0.2) is 69.4 Å². The van der Waals surface area contributed by atoms with Crippen LogP contribution < -0.4 is 15.4 Å². The highest BCUT2D eigenvalue weighted by Crippen LogP contribution is 2.45. The van der Waals surface area contributed by atoms with Gasteiger partial charge in [0.2, 0.25) is 23.7 Å². The average molecular weight is 833 g/mol. The Labute approximate surface area is 335 Å². The van der Waals surface area contributed by atoms with Gasteiger partial charge in [-0.05, 0) is 123 Å². The number of amides is 2. The highest BCUT2D eigenvalue weighted by molar-refractivity contribution is 5.93. The Morgan fingerprint density at radius 2 is 1.22 bits per heavy atom. The molecule has 19 heteroatoms. The van der Waals surface area contributed by atoms with Gasteiger partial charge in [-0.15, -0.1) is 0 Å². The van der Waals surface area contributed by atoms with Gasteiger partial charge in [-0.25, -0.2) is 19.9 Å². The standard InChI is InChI=1S/C40H46F6N8O5/c1-35(2,3)54-32-26(16-18-28(50-32)40(44,45)46)48-34(54)52-30(56)20-38(8,22-9-10-22)58-21-37(6,7)59-24-13-11-23(12-14-24)53-31-25(15-17-27(49-31)39(41,42)43)47-33(53)51-29(55)19-36(4,5)57/h11-18,22,57H,9-10,19-21H2,1-8H3,(H,47,51,55)(H,48,52,56). The molecule has 4 heterocycles. The van der Waals surface area contributed by atoms with E-state index in [9.17, 15) is 41.0 Å². The maximum absolute atomic E-state index is 13.7. The number of pyridine rings is 2. The summed E-state index contributed by atoms with van der Waals surface area (Å²) in [6, 6.07) is 10.3. The van der Waals surface area contributed by atoms with E-state index in [0.29, 0.717) is 11.4 Å². The van der Waals surface area contributed by atoms with Crippen LogP contribution in [0, 0.1) is 5.92 Å². The number of nitrogens with one attached hydrogen (secondary N) is 2. The van der Waals surface area contributed by atoms with Gasteiger partial charge in [-0.1, -0.05) is 0 Å². The molecule has 1 aromatic carbocycles. The Balaban J connectivity index is 1.18. The summed E-state index contributed by atoms with van der Waals surface area (Å²) < 4.78 is 97.0. The molecule has 0 radical (unpaired) electrons. The minimum Gasteiger partial charge on any atom is -0.485 e. The predicted octanol–water partition coefficient (Wildman–Crippen LogP) is 8.43. The monoisotopic (exact) mass is 832 g/mol. The van der Waals surface area contributed by atoms with E-state index in [4.69, 9.17) is 9.47 Å². The summed E-state index contributed by atoms with van der Waals surface area (Å²) in [4.78, 5) is 42.7. The summed E-state index contributed by atoms with van der Waals surface area (Å²) in [6.07, 6.45) is -8.17. The van der Waals surface area contributed by atoms with E-state index in [0.717, 1.165) is 31.0 Å². The number of carbonyl (C=O) groups is 2. The molecule has 0 saturated heterocycles. The second-order valence-electron chi connectivity index (χ2n) is 17.3. The number of hydrogen-bond donors (Lipinski definition) is 3. The summed E-state index contributed by atoms with van der Waals surface area (Å²) in [5, 5.41) is 15.5. The number of alkyl halides is 6. The topological polar surface area (TPSA) is 158 Å². The summed E-state index contributed by atoms with van der Waals surface area (Å²) in [7, 11) is 0. The van der Waals surface area contributed by atoms with E-state index in [2.05, 4.69) is 30.6 Å². The number of imidazole rings is 2. The lowest BCUT2D eigenvalue weighted by Gasteiger charge is -2.35. The van der Waals surface area contributed by atoms with Gasteiger partial charge in [-0.3, -0.25) is 29.4 Å². The van der Waals surface area contributed by atoms with Gasteiger partial charge in [0, 0.05) is 5.54 Å².